The van der Waals surface area contributed by atoms with Crippen LogP contribution in [0.2, 0.25) is 5.02 Å². The first-order chi connectivity index (χ1) is 5.97. The van der Waals surface area contributed by atoms with Gasteiger partial charge in [0, 0.05) is 10.6 Å². The van der Waals surface area contributed by atoms with E-state index in [1.165, 1.54) is 0 Å². The SMILES string of the molecule is CC(C)(N)C#Cc1ccc(Cl)cc1. The minimum absolute atomic E-state index is 0.445. The zero-order valence-corrected chi connectivity index (χ0v) is 8.52. The van der Waals surface area contributed by atoms with Crippen molar-refractivity contribution in [2.24, 2.45) is 5.73 Å². The number of nitrogens with two attached hydrogens (primary N) is 1. The molecule has 0 aliphatic heterocycles. The minimum Gasteiger partial charge on any atom is -0.316 e. The van der Waals surface area contributed by atoms with Crippen molar-refractivity contribution < 1.29 is 0 Å². The molecule has 0 aliphatic carbocycles. The zero-order valence-electron chi connectivity index (χ0n) is 7.76. The normalized spacial score (nSPS) is 10.5. The lowest BCUT2D eigenvalue weighted by Gasteiger charge is -2.07. The minimum atomic E-state index is -0.445. The monoisotopic (exact) mass is 193 g/mol. The smallest absolute Gasteiger partial charge is 0.0722 e. The molecular weight excluding hydrogens is 182 g/mol. The number of halogens is 1. The molecule has 0 atom stereocenters. The second kappa shape index (κ2) is 3.83. The van der Waals surface area contributed by atoms with Crippen molar-refractivity contribution in [3.05, 3.63) is 34.9 Å². The van der Waals surface area contributed by atoms with Crippen LogP contribution >= 0.6 is 11.6 Å². The van der Waals surface area contributed by atoms with Crippen LogP contribution in [0.4, 0.5) is 0 Å². The van der Waals surface area contributed by atoms with Gasteiger partial charge in [0.25, 0.3) is 0 Å². The second-order valence-corrected chi connectivity index (χ2v) is 3.92. The van der Waals surface area contributed by atoms with Gasteiger partial charge in [-0.2, -0.15) is 0 Å². The second-order valence-electron chi connectivity index (χ2n) is 3.48. The van der Waals surface area contributed by atoms with Crippen LogP contribution in [-0.4, -0.2) is 5.54 Å². The highest BCUT2D eigenvalue weighted by Gasteiger charge is 2.03. The summed E-state index contributed by atoms with van der Waals surface area (Å²) < 4.78 is 0. The Balaban J connectivity index is 2.85. The number of hydrogen-bond acceptors (Lipinski definition) is 1. The van der Waals surface area contributed by atoms with Crippen molar-refractivity contribution in [3.8, 4) is 11.8 Å². The maximum absolute atomic E-state index is 5.73. The first-order valence-electron chi connectivity index (χ1n) is 4.05. The van der Waals surface area contributed by atoms with Gasteiger partial charge in [-0.05, 0) is 38.1 Å². The van der Waals surface area contributed by atoms with Crippen molar-refractivity contribution in [1.82, 2.24) is 0 Å². The van der Waals surface area contributed by atoms with Crippen molar-refractivity contribution in [2.45, 2.75) is 19.4 Å². The lowest BCUT2D eigenvalue weighted by molar-refractivity contribution is 0.680. The predicted molar refractivity (Wildman–Crippen MR) is 56.6 cm³/mol. The third kappa shape index (κ3) is 3.98. The summed E-state index contributed by atoms with van der Waals surface area (Å²) in [6.45, 7) is 3.74. The molecule has 0 amide bonds. The molecule has 1 nitrogen and oxygen atoms in total. The fourth-order valence-electron chi connectivity index (χ4n) is 0.766. The van der Waals surface area contributed by atoms with Crippen LogP contribution in [0.25, 0.3) is 0 Å². The van der Waals surface area contributed by atoms with Gasteiger partial charge in [0.15, 0.2) is 0 Å². The Hall–Kier alpha value is -0.970. The van der Waals surface area contributed by atoms with Gasteiger partial charge in [-0.15, -0.1) is 0 Å². The molecule has 0 fully saturated rings. The lowest BCUT2D eigenvalue weighted by atomic mass is 10.1. The lowest BCUT2D eigenvalue weighted by Crippen LogP contribution is -2.29. The highest BCUT2D eigenvalue weighted by atomic mass is 35.5. The summed E-state index contributed by atoms with van der Waals surface area (Å²) in [5.74, 6) is 5.92. The largest absolute Gasteiger partial charge is 0.316 e. The average Bonchev–Trinajstić information content (AvgIpc) is 2.02. The molecule has 0 heterocycles. The fourth-order valence-corrected chi connectivity index (χ4v) is 0.892. The van der Waals surface area contributed by atoms with Crippen molar-refractivity contribution in [3.63, 3.8) is 0 Å². The third-order valence-electron chi connectivity index (χ3n) is 1.37. The van der Waals surface area contributed by atoms with E-state index in [1.54, 1.807) is 0 Å². The maximum Gasteiger partial charge on any atom is 0.0722 e. The number of rotatable bonds is 0. The van der Waals surface area contributed by atoms with Crippen LogP contribution in [0.3, 0.4) is 0 Å². The highest BCUT2D eigenvalue weighted by Crippen LogP contribution is 2.08. The molecule has 0 bridgehead atoms. The van der Waals surface area contributed by atoms with Gasteiger partial charge in [-0.3, -0.25) is 0 Å². The van der Waals surface area contributed by atoms with Gasteiger partial charge in [-0.25, -0.2) is 0 Å². The van der Waals surface area contributed by atoms with Crippen LogP contribution in [0.1, 0.15) is 19.4 Å². The first kappa shape index (κ1) is 10.1. The van der Waals surface area contributed by atoms with Crippen molar-refractivity contribution in [1.29, 1.82) is 0 Å². The molecule has 0 spiro atoms. The molecular formula is C11H12ClN. The van der Waals surface area contributed by atoms with Gasteiger partial charge in [0.2, 0.25) is 0 Å². The standard InChI is InChI=1S/C11H12ClN/c1-11(2,13)8-7-9-3-5-10(12)6-4-9/h3-6H,13H2,1-2H3. The van der Waals surface area contributed by atoms with E-state index in [2.05, 4.69) is 11.8 Å². The summed E-state index contributed by atoms with van der Waals surface area (Å²) in [6, 6.07) is 7.38. The van der Waals surface area contributed by atoms with E-state index in [0.29, 0.717) is 0 Å². The maximum atomic E-state index is 5.73. The Morgan fingerprint density at radius 1 is 1.23 bits per heavy atom. The van der Waals surface area contributed by atoms with Gasteiger partial charge in [0.05, 0.1) is 5.54 Å². The van der Waals surface area contributed by atoms with Gasteiger partial charge in [-0.1, -0.05) is 23.4 Å². The van der Waals surface area contributed by atoms with E-state index in [9.17, 15) is 0 Å². The van der Waals surface area contributed by atoms with Gasteiger partial charge >= 0.3 is 0 Å². The van der Waals surface area contributed by atoms with E-state index >= 15 is 0 Å². The molecule has 0 saturated carbocycles. The molecule has 1 aromatic carbocycles. The Kier molecular flexibility index (Phi) is 2.98. The highest BCUT2D eigenvalue weighted by molar-refractivity contribution is 6.30. The van der Waals surface area contributed by atoms with Crippen LogP contribution in [-0.2, 0) is 0 Å². The quantitative estimate of drug-likeness (QED) is 0.630. The van der Waals surface area contributed by atoms with E-state index < -0.39 is 5.54 Å². The van der Waals surface area contributed by atoms with E-state index in [-0.39, 0.29) is 0 Å². The summed E-state index contributed by atoms with van der Waals surface area (Å²) in [7, 11) is 0. The van der Waals surface area contributed by atoms with Gasteiger partial charge in [0.1, 0.15) is 0 Å². The Bertz CT molecular complexity index is 335. The predicted octanol–water partition coefficient (Wildman–Crippen LogP) is 2.43. The molecule has 0 radical (unpaired) electrons. The molecule has 68 valence electrons. The Labute approximate surface area is 83.9 Å². The van der Waals surface area contributed by atoms with Crippen LogP contribution in [0.5, 0.6) is 0 Å². The molecule has 1 aromatic rings. The molecule has 2 N–H and O–H groups in total. The summed E-state index contributed by atoms with van der Waals surface area (Å²) in [4.78, 5) is 0. The summed E-state index contributed by atoms with van der Waals surface area (Å²) in [6.07, 6.45) is 0. The Morgan fingerprint density at radius 2 is 1.77 bits per heavy atom. The molecule has 2 heteroatoms. The van der Waals surface area contributed by atoms with Crippen LogP contribution in [0.15, 0.2) is 24.3 Å². The molecule has 1 rings (SSSR count). The molecule has 0 aliphatic rings. The summed E-state index contributed by atoms with van der Waals surface area (Å²) in [5, 5.41) is 0.720. The van der Waals surface area contributed by atoms with E-state index in [4.69, 9.17) is 17.3 Å². The van der Waals surface area contributed by atoms with Crippen molar-refractivity contribution in [2.75, 3.05) is 0 Å². The Morgan fingerprint density at radius 3 is 2.23 bits per heavy atom. The molecule has 0 unspecified atom stereocenters. The molecule has 13 heavy (non-hydrogen) atoms. The zero-order chi connectivity index (χ0) is 9.90. The molecule has 0 aromatic heterocycles. The third-order valence-corrected chi connectivity index (χ3v) is 1.63. The van der Waals surface area contributed by atoms with Crippen LogP contribution < -0.4 is 5.73 Å². The fraction of sp³-hybridized carbons (Fsp3) is 0.273. The van der Waals surface area contributed by atoms with Crippen molar-refractivity contribution >= 4 is 11.6 Å². The first-order valence-corrected chi connectivity index (χ1v) is 4.43. The average molecular weight is 194 g/mol. The van der Waals surface area contributed by atoms with Crippen LogP contribution in [0, 0.1) is 11.8 Å². The number of benzene rings is 1. The molecule has 0 saturated heterocycles. The van der Waals surface area contributed by atoms with Gasteiger partial charge < -0.3 is 5.73 Å². The summed E-state index contributed by atoms with van der Waals surface area (Å²) >= 11 is 5.73. The topological polar surface area (TPSA) is 26.0 Å². The number of hydrogen-bond donors (Lipinski definition) is 1. The summed E-state index contributed by atoms with van der Waals surface area (Å²) in [5.41, 5.74) is 6.20. The van der Waals surface area contributed by atoms with E-state index in [0.717, 1.165) is 10.6 Å². The van der Waals surface area contributed by atoms with E-state index in [1.807, 2.05) is 38.1 Å².